The average molecular weight is 233 g/mol. The number of hydrogen-bond donors (Lipinski definition) is 1. The van der Waals surface area contributed by atoms with Crippen molar-refractivity contribution in [3.05, 3.63) is 23.9 Å². The van der Waals surface area contributed by atoms with Gasteiger partial charge in [0.2, 0.25) is 0 Å². The Balaban J connectivity index is 2.00. The van der Waals surface area contributed by atoms with Crippen molar-refractivity contribution in [1.82, 2.24) is 10.3 Å². The molecule has 0 saturated carbocycles. The van der Waals surface area contributed by atoms with Crippen molar-refractivity contribution >= 4 is 5.82 Å². The summed E-state index contributed by atoms with van der Waals surface area (Å²) >= 11 is 0. The SMILES string of the molecule is CCN(CC1CCCNC1)c1cc(C)ccn1. The summed E-state index contributed by atoms with van der Waals surface area (Å²) in [7, 11) is 0. The molecule has 1 N–H and O–H groups in total. The van der Waals surface area contributed by atoms with E-state index in [4.69, 9.17) is 0 Å². The molecule has 0 radical (unpaired) electrons. The lowest BCUT2D eigenvalue weighted by molar-refractivity contribution is 0.377. The lowest BCUT2D eigenvalue weighted by Gasteiger charge is -2.30. The molecule has 1 atom stereocenters. The molecule has 3 heteroatoms. The second-order valence-corrected chi connectivity index (χ2v) is 4.94. The third-order valence-corrected chi connectivity index (χ3v) is 3.48. The van der Waals surface area contributed by atoms with Gasteiger partial charge in [-0.05, 0) is 63.4 Å². The van der Waals surface area contributed by atoms with E-state index in [0.717, 1.165) is 31.4 Å². The van der Waals surface area contributed by atoms with E-state index < -0.39 is 0 Å². The molecule has 2 heterocycles. The van der Waals surface area contributed by atoms with Crippen molar-refractivity contribution in [3.63, 3.8) is 0 Å². The van der Waals surface area contributed by atoms with Gasteiger partial charge in [-0.3, -0.25) is 0 Å². The van der Waals surface area contributed by atoms with Gasteiger partial charge in [-0.1, -0.05) is 0 Å². The van der Waals surface area contributed by atoms with Crippen molar-refractivity contribution in [2.75, 3.05) is 31.1 Å². The molecule has 1 aliphatic rings. The smallest absolute Gasteiger partial charge is 0.128 e. The van der Waals surface area contributed by atoms with Gasteiger partial charge in [-0.15, -0.1) is 0 Å². The molecule has 1 aromatic heterocycles. The molecule has 1 aromatic rings. The molecule has 3 nitrogen and oxygen atoms in total. The standard InChI is InChI=1S/C14H23N3/c1-3-17(11-13-5-4-7-15-10-13)14-9-12(2)6-8-16-14/h6,8-9,13,15H,3-5,7,10-11H2,1-2H3. The van der Waals surface area contributed by atoms with E-state index in [0.29, 0.717) is 0 Å². The van der Waals surface area contributed by atoms with Gasteiger partial charge in [0.05, 0.1) is 0 Å². The monoisotopic (exact) mass is 233 g/mol. The maximum atomic E-state index is 4.48. The first-order valence-electron chi connectivity index (χ1n) is 6.68. The van der Waals surface area contributed by atoms with Crippen LogP contribution in [0.5, 0.6) is 0 Å². The minimum Gasteiger partial charge on any atom is -0.357 e. The molecule has 1 unspecified atom stereocenters. The topological polar surface area (TPSA) is 28.2 Å². The van der Waals surface area contributed by atoms with Crippen molar-refractivity contribution < 1.29 is 0 Å². The first-order valence-corrected chi connectivity index (χ1v) is 6.68. The number of pyridine rings is 1. The van der Waals surface area contributed by atoms with Crippen LogP contribution in [-0.2, 0) is 0 Å². The van der Waals surface area contributed by atoms with Crippen LogP contribution in [0.3, 0.4) is 0 Å². The summed E-state index contributed by atoms with van der Waals surface area (Å²) in [6.45, 7) is 8.84. The number of aromatic nitrogens is 1. The number of aryl methyl sites for hydroxylation is 1. The number of rotatable bonds is 4. The fraction of sp³-hybridized carbons (Fsp3) is 0.643. The number of nitrogens with zero attached hydrogens (tertiary/aromatic N) is 2. The Kier molecular flexibility index (Phi) is 4.37. The largest absolute Gasteiger partial charge is 0.357 e. The average Bonchev–Trinajstić information content (AvgIpc) is 2.37. The minimum absolute atomic E-state index is 0.769. The summed E-state index contributed by atoms with van der Waals surface area (Å²) in [5.74, 6) is 1.89. The molecule has 0 aliphatic carbocycles. The molecule has 0 amide bonds. The summed E-state index contributed by atoms with van der Waals surface area (Å²) in [6, 6.07) is 4.24. The Morgan fingerprint density at radius 2 is 2.41 bits per heavy atom. The summed E-state index contributed by atoms with van der Waals surface area (Å²) < 4.78 is 0. The van der Waals surface area contributed by atoms with Gasteiger partial charge >= 0.3 is 0 Å². The molecular formula is C14H23N3. The zero-order valence-electron chi connectivity index (χ0n) is 10.9. The predicted octanol–water partition coefficient (Wildman–Crippen LogP) is 2.22. The zero-order chi connectivity index (χ0) is 12.1. The van der Waals surface area contributed by atoms with Gasteiger partial charge in [0.15, 0.2) is 0 Å². The van der Waals surface area contributed by atoms with Crippen LogP contribution >= 0.6 is 0 Å². The van der Waals surface area contributed by atoms with Crippen LogP contribution in [0.25, 0.3) is 0 Å². The summed E-state index contributed by atoms with van der Waals surface area (Å²) in [5, 5.41) is 3.48. The first-order chi connectivity index (χ1) is 8.29. The number of nitrogens with one attached hydrogen (secondary N) is 1. The fourth-order valence-corrected chi connectivity index (χ4v) is 2.47. The van der Waals surface area contributed by atoms with Gasteiger partial charge in [0.1, 0.15) is 5.82 Å². The third kappa shape index (κ3) is 3.43. The van der Waals surface area contributed by atoms with Gasteiger partial charge in [-0.25, -0.2) is 4.98 Å². The van der Waals surface area contributed by atoms with Crippen molar-refractivity contribution in [2.45, 2.75) is 26.7 Å². The maximum absolute atomic E-state index is 4.48. The first kappa shape index (κ1) is 12.4. The van der Waals surface area contributed by atoms with Gasteiger partial charge < -0.3 is 10.2 Å². The predicted molar refractivity (Wildman–Crippen MR) is 72.5 cm³/mol. The maximum Gasteiger partial charge on any atom is 0.128 e. The summed E-state index contributed by atoms with van der Waals surface area (Å²) in [4.78, 5) is 6.88. The molecule has 1 aliphatic heterocycles. The minimum atomic E-state index is 0.769. The van der Waals surface area contributed by atoms with Crippen LogP contribution in [0.15, 0.2) is 18.3 Å². The Morgan fingerprint density at radius 1 is 1.53 bits per heavy atom. The van der Waals surface area contributed by atoms with Crippen LogP contribution in [0.2, 0.25) is 0 Å². The van der Waals surface area contributed by atoms with E-state index in [1.165, 1.54) is 24.9 Å². The number of piperidine rings is 1. The van der Waals surface area contributed by atoms with Crippen LogP contribution in [-0.4, -0.2) is 31.2 Å². The van der Waals surface area contributed by atoms with E-state index in [9.17, 15) is 0 Å². The lowest BCUT2D eigenvalue weighted by Crippen LogP contribution is -2.38. The van der Waals surface area contributed by atoms with E-state index in [-0.39, 0.29) is 0 Å². The molecule has 1 saturated heterocycles. The van der Waals surface area contributed by atoms with Gasteiger partial charge in [0, 0.05) is 19.3 Å². The van der Waals surface area contributed by atoms with Crippen LogP contribution in [0.4, 0.5) is 5.82 Å². The van der Waals surface area contributed by atoms with Crippen molar-refractivity contribution in [1.29, 1.82) is 0 Å². The third-order valence-electron chi connectivity index (χ3n) is 3.48. The zero-order valence-corrected chi connectivity index (χ0v) is 10.9. The van der Waals surface area contributed by atoms with Crippen molar-refractivity contribution in [2.24, 2.45) is 5.92 Å². The lowest BCUT2D eigenvalue weighted by atomic mass is 9.99. The Labute approximate surface area is 104 Å². The van der Waals surface area contributed by atoms with Gasteiger partial charge in [-0.2, -0.15) is 0 Å². The van der Waals surface area contributed by atoms with E-state index in [1.807, 2.05) is 6.20 Å². The van der Waals surface area contributed by atoms with Crippen LogP contribution in [0, 0.1) is 12.8 Å². The van der Waals surface area contributed by atoms with E-state index in [2.05, 4.69) is 41.2 Å². The Bertz CT molecular complexity index is 345. The number of hydrogen-bond acceptors (Lipinski definition) is 3. The molecule has 2 rings (SSSR count). The molecule has 0 aromatic carbocycles. The quantitative estimate of drug-likeness (QED) is 0.864. The van der Waals surface area contributed by atoms with Gasteiger partial charge in [0.25, 0.3) is 0 Å². The fourth-order valence-electron chi connectivity index (χ4n) is 2.47. The Morgan fingerprint density at radius 3 is 3.06 bits per heavy atom. The van der Waals surface area contributed by atoms with E-state index in [1.54, 1.807) is 0 Å². The molecule has 1 fully saturated rings. The second kappa shape index (κ2) is 6.01. The van der Waals surface area contributed by atoms with Crippen molar-refractivity contribution in [3.8, 4) is 0 Å². The summed E-state index contributed by atoms with van der Waals surface area (Å²) in [6.07, 6.45) is 4.56. The normalized spacial score (nSPS) is 20.2. The highest BCUT2D eigenvalue weighted by atomic mass is 15.2. The number of anilines is 1. The molecule has 0 spiro atoms. The highest BCUT2D eigenvalue weighted by molar-refractivity contribution is 5.40. The second-order valence-electron chi connectivity index (χ2n) is 4.94. The van der Waals surface area contributed by atoms with Crippen LogP contribution in [0.1, 0.15) is 25.3 Å². The molecule has 94 valence electrons. The highest BCUT2D eigenvalue weighted by Gasteiger charge is 2.16. The molecule has 0 bridgehead atoms. The molecule has 17 heavy (non-hydrogen) atoms. The molecular weight excluding hydrogens is 210 g/mol. The Hall–Kier alpha value is -1.09. The highest BCUT2D eigenvalue weighted by Crippen LogP contribution is 2.17. The summed E-state index contributed by atoms with van der Waals surface area (Å²) in [5.41, 5.74) is 1.29. The van der Waals surface area contributed by atoms with Crippen LogP contribution < -0.4 is 10.2 Å². The van der Waals surface area contributed by atoms with E-state index >= 15 is 0 Å².